The molecule has 2 N–H and O–H groups in total. The second kappa shape index (κ2) is 3.72. The first kappa shape index (κ1) is 10.8. The van der Waals surface area contributed by atoms with Crippen molar-refractivity contribution in [1.82, 2.24) is 4.90 Å². The maximum absolute atomic E-state index is 10.0. The molecule has 18 heavy (non-hydrogen) atoms. The second-order valence-electron chi connectivity index (χ2n) is 6.12. The van der Waals surface area contributed by atoms with Crippen molar-refractivity contribution in [3.63, 3.8) is 0 Å². The lowest BCUT2D eigenvalue weighted by atomic mass is 9.70. The monoisotopic (exact) mass is 244 g/mol. The normalized spacial score (nSPS) is 37.9. The summed E-state index contributed by atoms with van der Waals surface area (Å²) in [4.78, 5) is 2.37. The summed E-state index contributed by atoms with van der Waals surface area (Å²) in [5.41, 5.74) is 4.37. The number of hydrogen-bond acceptors (Lipinski definition) is 3. The number of hydrogen-bond donors (Lipinski definition) is 2. The van der Waals surface area contributed by atoms with E-state index in [1.165, 1.54) is 17.7 Å². The number of anilines is 1. The van der Waals surface area contributed by atoms with E-state index in [9.17, 15) is 5.11 Å². The third-order valence-electron chi connectivity index (χ3n) is 5.07. The van der Waals surface area contributed by atoms with Gasteiger partial charge in [0.05, 0.1) is 6.10 Å². The molecule has 1 saturated heterocycles. The van der Waals surface area contributed by atoms with Gasteiger partial charge in [-0.05, 0) is 37.1 Å². The molecule has 1 aliphatic carbocycles. The number of aliphatic hydroxyl groups is 1. The molecule has 0 radical (unpaired) electrons. The van der Waals surface area contributed by atoms with E-state index in [1.54, 1.807) is 5.56 Å². The molecule has 2 heterocycles. The van der Waals surface area contributed by atoms with E-state index in [-0.39, 0.29) is 6.10 Å². The van der Waals surface area contributed by atoms with Crippen LogP contribution in [0.3, 0.4) is 0 Å². The molecule has 0 unspecified atom stereocenters. The van der Waals surface area contributed by atoms with Gasteiger partial charge in [0.2, 0.25) is 0 Å². The van der Waals surface area contributed by atoms with Gasteiger partial charge >= 0.3 is 0 Å². The first-order valence-corrected chi connectivity index (χ1v) is 6.99. The minimum absolute atomic E-state index is 0.169. The zero-order valence-corrected chi connectivity index (χ0v) is 10.8. The van der Waals surface area contributed by atoms with Gasteiger partial charge < -0.3 is 15.3 Å². The van der Waals surface area contributed by atoms with Gasteiger partial charge in [0, 0.05) is 36.7 Å². The van der Waals surface area contributed by atoms with Crippen molar-refractivity contribution in [2.24, 2.45) is 0 Å². The van der Waals surface area contributed by atoms with Crippen molar-refractivity contribution in [3.05, 3.63) is 29.3 Å². The van der Waals surface area contributed by atoms with Gasteiger partial charge in [-0.3, -0.25) is 0 Å². The van der Waals surface area contributed by atoms with Crippen LogP contribution in [0.1, 0.15) is 35.8 Å². The molecule has 3 aliphatic rings. The summed E-state index contributed by atoms with van der Waals surface area (Å²) in [7, 11) is 2.16. The van der Waals surface area contributed by atoms with Gasteiger partial charge in [-0.1, -0.05) is 12.1 Å². The van der Waals surface area contributed by atoms with Crippen molar-refractivity contribution in [2.75, 3.05) is 25.5 Å². The molecule has 4 atom stereocenters. The molecule has 4 rings (SSSR count). The van der Waals surface area contributed by atoms with Crippen molar-refractivity contribution in [1.29, 1.82) is 0 Å². The van der Waals surface area contributed by atoms with Crippen LogP contribution < -0.4 is 5.32 Å². The molecular weight excluding hydrogens is 224 g/mol. The average molecular weight is 244 g/mol. The van der Waals surface area contributed by atoms with Gasteiger partial charge in [-0.2, -0.15) is 0 Å². The van der Waals surface area contributed by atoms with Crippen LogP contribution in [0, 0.1) is 0 Å². The molecule has 0 spiro atoms. The highest BCUT2D eigenvalue weighted by Crippen LogP contribution is 2.49. The highest BCUT2D eigenvalue weighted by Gasteiger charge is 2.43. The van der Waals surface area contributed by atoms with E-state index >= 15 is 0 Å². The van der Waals surface area contributed by atoms with Crippen molar-refractivity contribution < 1.29 is 5.11 Å². The van der Waals surface area contributed by atoms with E-state index in [2.05, 4.69) is 35.5 Å². The van der Waals surface area contributed by atoms with Crippen LogP contribution in [0.4, 0.5) is 5.69 Å². The van der Waals surface area contributed by atoms with E-state index < -0.39 is 0 Å². The van der Waals surface area contributed by atoms with Gasteiger partial charge in [-0.25, -0.2) is 0 Å². The zero-order valence-electron chi connectivity index (χ0n) is 10.8. The van der Waals surface area contributed by atoms with Crippen LogP contribution in [0.5, 0.6) is 0 Å². The molecule has 2 aliphatic heterocycles. The highest BCUT2D eigenvalue weighted by atomic mass is 16.3. The maximum atomic E-state index is 10.0. The smallest absolute Gasteiger partial charge is 0.0673 e. The Morgan fingerprint density at radius 2 is 2.22 bits per heavy atom. The molecule has 0 saturated carbocycles. The number of aliphatic hydroxyl groups excluding tert-OH is 1. The third kappa shape index (κ3) is 1.38. The van der Waals surface area contributed by atoms with Crippen LogP contribution in [0.15, 0.2) is 18.2 Å². The van der Waals surface area contributed by atoms with Crippen molar-refractivity contribution in [2.45, 2.75) is 36.8 Å². The van der Waals surface area contributed by atoms with E-state index in [0.29, 0.717) is 17.9 Å². The quantitative estimate of drug-likeness (QED) is 0.730. The third-order valence-corrected chi connectivity index (χ3v) is 5.07. The summed E-state index contributed by atoms with van der Waals surface area (Å²) < 4.78 is 0. The second-order valence-corrected chi connectivity index (χ2v) is 6.12. The predicted molar refractivity (Wildman–Crippen MR) is 72.1 cm³/mol. The number of nitrogens with one attached hydrogen (secondary N) is 1. The lowest BCUT2D eigenvalue weighted by Crippen LogP contribution is -2.49. The Hall–Kier alpha value is -1.06. The van der Waals surface area contributed by atoms with Crippen LogP contribution >= 0.6 is 0 Å². The summed E-state index contributed by atoms with van der Waals surface area (Å²) in [6.45, 7) is 1.92. The summed E-state index contributed by atoms with van der Waals surface area (Å²) in [6, 6.07) is 7.25. The van der Waals surface area contributed by atoms with Crippen LogP contribution in [0.25, 0.3) is 0 Å². The fourth-order valence-corrected chi connectivity index (χ4v) is 4.32. The van der Waals surface area contributed by atoms with Gasteiger partial charge in [0.1, 0.15) is 0 Å². The van der Waals surface area contributed by atoms with Crippen molar-refractivity contribution >= 4 is 5.69 Å². The largest absolute Gasteiger partial charge is 0.392 e. The number of likely N-dealkylation sites (N-methyl/N-ethyl adjacent to an activating group) is 1. The topological polar surface area (TPSA) is 35.5 Å². The lowest BCUT2D eigenvalue weighted by molar-refractivity contribution is 0.0273. The first-order valence-electron chi connectivity index (χ1n) is 6.99. The standard InChI is InChI=1S/C15H20N2O/c1-17-8-10(18)6-12-11-3-2-4-13-15(11)9(7-16-13)5-14(12)17/h2-4,9-10,12,14,16,18H,5-8H2,1H3/t9-,10-,12-,14-/m1/s1. The molecule has 3 heteroatoms. The minimum Gasteiger partial charge on any atom is -0.392 e. The molecule has 1 aromatic carbocycles. The summed E-state index contributed by atoms with van der Waals surface area (Å²) >= 11 is 0. The van der Waals surface area contributed by atoms with Gasteiger partial charge in [0.15, 0.2) is 0 Å². The molecule has 3 nitrogen and oxygen atoms in total. The number of fused-ring (bicyclic) bond motifs is 2. The summed E-state index contributed by atoms with van der Waals surface area (Å²) in [6.07, 6.45) is 2.00. The molecule has 0 amide bonds. The predicted octanol–water partition coefficient (Wildman–Crippen LogP) is 1.75. The van der Waals surface area contributed by atoms with Crippen LogP contribution in [0.2, 0.25) is 0 Å². The number of nitrogens with zero attached hydrogens (tertiary/aromatic N) is 1. The highest BCUT2D eigenvalue weighted by molar-refractivity contribution is 5.63. The molecule has 0 bridgehead atoms. The fourth-order valence-electron chi connectivity index (χ4n) is 4.32. The molecule has 1 aromatic rings. The van der Waals surface area contributed by atoms with Gasteiger partial charge in [-0.15, -0.1) is 0 Å². The Balaban J connectivity index is 1.83. The summed E-state index contributed by atoms with van der Waals surface area (Å²) in [5.74, 6) is 1.19. The number of rotatable bonds is 0. The first-order chi connectivity index (χ1) is 8.74. The number of piperidine rings is 1. The maximum Gasteiger partial charge on any atom is 0.0673 e. The minimum atomic E-state index is -0.169. The molecule has 96 valence electrons. The Morgan fingerprint density at radius 3 is 3.11 bits per heavy atom. The Kier molecular flexibility index (Phi) is 2.24. The zero-order chi connectivity index (χ0) is 12.3. The van der Waals surface area contributed by atoms with E-state index in [0.717, 1.165) is 19.5 Å². The van der Waals surface area contributed by atoms with E-state index in [4.69, 9.17) is 0 Å². The van der Waals surface area contributed by atoms with E-state index in [1.807, 2.05) is 0 Å². The Labute approximate surface area is 108 Å². The molecule has 1 fully saturated rings. The average Bonchev–Trinajstić information content (AvgIpc) is 2.76. The number of benzene rings is 1. The van der Waals surface area contributed by atoms with Gasteiger partial charge in [0.25, 0.3) is 0 Å². The fraction of sp³-hybridized carbons (Fsp3) is 0.600. The summed E-state index contributed by atoms with van der Waals surface area (Å²) in [5, 5.41) is 13.6. The molecule has 0 aromatic heterocycles. The lowest BCUT2D eigenvalue weighted by Gasteiger charge is -2.46. The number of likely N-dealkylation sites (tertiary alicyclic amines) is 1. The SMILES string of the molecule is CN1C[C@H](O)C[C@@H]2c3cccc4c3[C@@H](CN4)C[C@H]21. The molecular formula is C15H20N2O. The number of β-amino-alcohol motifs (C(OH)–C–C–N with tert-alkyl or cyclic N) is 1. The van der Waals surface area contributed by atoms with Crippen molar-refractivity contribution in [3.8, 4) is 0 Å². The Morgan fingerprint density at radius 1 is 1.33 bits per heavy atom. The Bertz CT molecular complexity index is 487. The van der Waals surface area contributed by atoms with Crippen LogP contribution in [-0.2, 0) is 0 Å². The van der Waals surface area contributed by atoms with Crippen LogP contribution in [-0.4, -0.2) is 42.3 Å².